The second-order valence-electron chi connectivity index (χ2n) is 6.28. The Hall–Kier alpha value is -2.63. The number of anilines is 1. The SMILES string of the molecule is C[C@H](NC(=O)/C=C/c1ccc2c(c1)CCCN2C)c1nncn1C. The van der Waals surface area contributed by atoms with Crippen molar-refractivity contribution in [2.45, 2.75) is 25.8 Å². The number of benzene rings is 1. The van der Waals surface area contributed by atoms with Gasteiger partial charge in [0.2, 0.25) is 5.91 Å². The first-order chi connectivity index (χ1) is 11.5. The zero-order valence-corrected chi connectivity index (χ0v) is 14.4. The number of carbonyl (C=O) groups is 1. The molecule has 2 aromatic rings. The summed E-state index contributed by atoms with van der Waals surface area (Å²) in [7, 11) is 3.98. The van der Waals surface area contributed by atoms with E-state index in [1.54, 1.807) is 17.0 Å². The number of fused-ring (bicyclic) bond motifs is 1. The van der Waals surface area contributed by atoms with Crippen molar-refractivity contribution in [3.63, 3.8) is 0 Å². The second kappa shape index (κ2) is 6.86. The van der Waals surface area contributed by atoms with E-state index in [0.29, 0.717) is 0 Å². The van der Waals surface area contributed by atoms with Gasteiger partial charge in [-0.2, -0.15) is 0 Å². The van der Waals surface area contributed by atoms with Crippen LogP contribution in [-0.2, 0) is 18.3 Å². The fourth-order valence-electron chi connectivity index (χ4n) is 3.09. The molecule has 24 heavy (non-hydrogen) atoms. The highest BCUT2D eigenvalue weighted by Gasteiger charge is 2.14. The summed E-state index contributed by atoms with van der Waals surface area (Å²) in [5.74, 6) is 0.592. The van der Waals surface area contributed by atoms with E-state index in [0.717, 1.165) is 24.4 Å². The Labute approximate surface area is 142 Å². The lowest BCUT2D eigenvalue weighted by Gasteiger charge is -2.27. The summed E-state index contributed by atoms with van der Waals surface area (Å²) in [6, 6.07) is 6.16. The average molecular weight is 325 g/mol. The largest absolute Gasteiger partial charge is 0.374 e. The van der Waals surface area contributed by atoms with Gasteiger partial charge in [0, 0.05) is 32.4 Å². The molecule has 0 fully saturated rings. The predicted octanol–water partition coefficient (Wildman–Crippen LogP) is 2.09. The van der Waals surface area contributed by atoms with Gasteiger partial charge in [0.15, 0.2) is 5.82 Å². The quantitative estimate of drug-likeness (QED) is 0.874. The molecule has 0 radical (unpaired) electrons. The monoisotopic (exact) mass is 325 g/mol. The van der Waals surface area contributed by atoms with Gasteiger partial charge in [0.1, 0.15) is 6.33 Å². The maximum absolute atomic E-state index is 12.1. The molecule has 2 heterocycles. The molecule has 3 rings (SSSR count). The van der Waals surface area contributed by atoms with Crippen molar-refractivity contribution in [1.29, 1.82) is 0 Å². The highest BCUT2D eigenvalue weighted by atomic mass is 16.1. The highest BCUT2D eigenvalue weighted by Crippen LogP contribution is 2.27. The molecule has 6 nitrogen and oxygen atoms in total. The van der Waals surface area contributed by atoms with Crippen LogP contribution in [0.15, 0.2) is 30.6 Å². The number of aromatic nitrogens is 3. The number of rotatable bonds is 4. The maximum Gasteiger partial charge on any atom is 0.244 e. The minimum atomic E-state index is -0.188. The lowest BCUT2D eigenvalue weighted by molar-refractivity contribution is -0.117. The van der Waals surface area contributed by atoms with E-state index in [-0.39, 0.29) is 11.9 Å². The van der Waals surface area contributed by atoms with Gasteiger partial charge >= 0.3 is 0 Å². The zero-order chi connectivity index (χ0) is 17.1. The second-order valence-corrected chi connectivity index (χ2v) is 6.28. The minimum absolute atomic E-state index is 0.139. The van der Waals surface area contributed by atoms with E-state index in [1.165, 1.54) is 17.7 Å². The summed E-state index contributed by atoms with van der Waals surface area (Å²) in [6.45, 7) is 3.00. The van der Waals surface area contributed by atoms with Crippen LogP contribution in [0.2, 0.25) is 0 Å². The Kier molecular flexibility index (Phi) is 4.64. The first-order valence-electron chi connectivity index (χ1n) is 8.21. The van der Waals surface area contributed by atoms with Crippen molar-refractivity contribution < 1.29 is 4.79 Å². The number of hydrogen-bond donors (Lipinski definition) is 1. The third-order valence-electron chi connectivity index (χ3n) is 4.37. The Morgan fingerprint density at radius 3 is 2.96 bits per heavy atom. The summed E-state index contributed by atoms with van der Waals surface area (Å²) >= 11 is 0. The fourth-order valence-corrected chi connectivity index (χ4v) is 3.09. The molecule has 1 aromatic carbocycles. The van der Waals surface area contributed by atoms with E-state index in [9.17, 15) is 4.79 Å². The standard InChI is InChI=1S/C18H23N5O/c1-13(18-21-19-12-23(18)3)20-17(24)9-7-14-6-8-16-15(11-14)5-4-10-22(16)2/h6-9,11-13H,4-5,10H2,1-3H3,(H,20,24)/b9-7+/t13-/m0/s1. The van der Waals surface area contributed by atoms with E-state index in [1.807, 2.05) is 20.0 Å². The molecule has 0 bridgehead atoms. The third kappa shape index (κ3) is 3.48. The number of nitrogens with zero attached hydrogens (tertiary/aromatic N) is 4. The lowest BCUT2D eigenvalue weighted by Crippen LogP contribution is -2.26. The van der Waals surface area contributed by atoms with Gasteiger partial charge in [-0.3, -0.25) is 4.79 Å². The molecule has 1 aliphatic heterocycles. The van der Waals surface area contributed by atoms with Crippen LogP contribution in [0.3, 0.4) is 0 Å². The number of carbonyl (C=O) groups excluding carboxylic acids is 1. The molecule has 1 aliphatic rings. The Balaban J connectivity index is 1.65. The normalized spacial score (nSPS) is 15.4. The summed E-state index contributed by atoms with van der Waals surface area (Å²) in [5, 5.41) is 10.7. The predicted molar refractivity (Wildman–Crippen MR) is 94.6 cm³/mol. The smallest absolute Gasteiger partial charge is 0.244 e. The van der Waals surface area contributed by atoms with Crippen molar-refractivity contribution in [2.24, 2.45) is 7.05 Å². The summed E-state index contributed by atoms with van der Waals surface area (Å²) in [4.78, 5) is 14.4. The van der Waals surface area contributed by atoms with Crippen molar-refractivity contribution in [2.75, 3.05) is 18.5 Å². The fraction of sp³-hybridized carbons (Fsp3) is 0.389. The molecule has 0 saturated carbocycles. The molecule has 0 spiro atoms. The number of nitrogens with one attached hydrogen (secondary N) is 1. The van der Waals surface area contributed by atoms with Gasteiger partial charge in [-0.05, 0) is 49.1 Å². The summed E-state index contributed by atoms with van der Waals surface area (Å²) < 4.78 is 1.80. The first kappa shape index (κ1) is 16.2. The van der Waals surface area contributed by atoms with E-state index in [2.05, 4.69) is 45.7 Å². The van der Waals surface area contributed by atoms with Crippen LogP contribution in [0.25, 0.3) is 6.08 Å². The van der Waals surface area contributed by atoms with Gasteiger partial charge in [-0.1, -0.05) is 6.07 Å². The molecule has 6 heteroatoms. The van der Waals surface area contributed by atoms with Gasteiger partial charge in [0.25, 0.3) is 0 Å². The third-order valence-corrected chi connectivity index (χ3v) is 4.37. The lowest BCUT2D eigenvalue weighted by atomic mass is 9.99. The van der Waals surface area contributed by atoms with Gasteiger partial charge < -0.3 is 14.8 Å². The average Bonchev–Trinajstić information content (AvgIpc) is 2.99. The van der Waals surface area contributed by atoms with Crippen LogP contribution < -0.4 is 10.2 Å². The maximum atomic E-state index is 12.1. The number of aryl methyl sites for hydroxylation is 2. The molecule has 0 unspecified atom stereocenters. The first-order valence-corrected chi connectivity index (χ1v) is 8.21. The number of amides is 1. The van der Waals surface area contributed by atoms with Crippen LogP contribution in [-0.4, -0.2) is 34.3 Å². The molecule has 0 saturated heterocycles. The Morgan fingerprint density at radius 1 is 1.38 bits per heavy atom. The van der Waals surface area contributed by atoms with Crippen LogP contribution in [0.4, 0.5) is 5.69 Å². The van der Waals surface area contributed by atoms with Crippen molar-refractivity contribution >= 4 is 17.7 Å². The van der Waals surface area contributed by atoms with E-state index >= 15 is 0 Å². The van der Waals surface area contributed by atoms with Crippen LogP contribution in [0, 0.1) is 0 Å². The molecular formula is C18H23N5O. The molecular weight excluding hydrogens is 302 g/mol. The molecule has 126 valence electrons. The van der Waals surface area contributed by atoms with E-state index in [4.69, 9.17) is 0 Å². The van der Waals surface area contributed by atoms with Crippen molar-refractivity contribution in [3.8, 4) is 0 Å². The number of hydrogen-bond acceptors (Lipinski definition) is 4. The topological polar surface area (TPSA) is 63.1 Å². The minimum Gasteiger partial charge on any atom is -0.374 e. The Bertz CT molecular complexity index is 765. The van der Waals surface area contributed by atoms with Gasteiger partial charge in [0.05, 0.1) is 6.04 Å². The molecule has 1 amide bonds. The summed E-state index contributed by atoms with van der Waals surface area (Å²) in [6.07, 6.45) is 7.32. The summed E-state index contributed by atoms with van der Waals surface area (Å²) in [5.41, 5.74) is 3.68. The molecule has 0 aliphatic carbocycles. The van der Waals surface area contributed by atoms with Gasteiger partial charge in [-0.15, -0.1) is 10.2 Å². The highest BCUT2D eigenvalue weighted by molar-refractivity contribution is 5.92. The van der Waals surface area contributed by atoms with Crippen LogP contribution >= 0.6 is 0 Å². The Morgan fingerprint density at radius 2 is 2.21 bits per heavy atom. The van der Waals surface area contributed by atoms with Gasteiger partial charge in [-0.25, -0.2) is 0 Å². The zero-order valence-electron chi connectivity index (χ0n) is 14.4. The van der Waals surface area contributed by atoms with Crippen LogP contribution in [0.5, 0.6) is 0 Å². The van der Waals surface area contributed by atoms with E-state index < -0.39 is 0 Å². The van der Waals surface area contributed by atoms with Crippen molar-refractivity contribution in [3.05, 3.63) is 47.6 Å². The molecule has 1 aromatic heterocycles. The van der Waals surface area contributed by atoms with Crippen LogP contribution in [0.1, 0.15) is 36.3 Å². The molecule has 1 N–H and O–H groups in total. The van der Waals surface area contributed by atoms with Crippen molar-refractivity contribution in [1.82, 2.24) is 20.1 Å². The molecule has 1 atom stereocenters.